The van der Waals surface area contributed by atoms with Crippen molar-refractivity contribution in [1.82, 2.24) is 9.88 Å². The highest BCUT2D eigenvalue weighted by molar-refractivity contribution is 7.13. The van der Waals surface area contributed by atoms with E-state index in [0.29, 0.717) is 5.88 Å². The van der Waals surface area contributed by atoms with Gasteiger partial charge in [0.2, 0.25) is 0 Å². The molecule has 0 unspecified atom stereocenters. The van der Waals surface area contributed by atoms with Gasteiger partial charge in [0.15, 0.2) is 0 Å². The van der Waals surface area contributed by atoms with Crippen LogP contribution in [-0.4, -0.2) is 23.5 Å². The number of aromatic nitrogens is 1. The summed E-state index contributed by atoms with van der Waals surface area (Å²) in [6, 6.07) is 6.64. The Bertz CT molecular complexity index is 580. The fraction of sp³-hybridized carbons (Fsp3) is 0.471. The Balaban J connectivity index is 2.10. The number of halogens is 1. The van der Waals surface area contributed by atoms with E-state index in [1.807, 2.05) is 5.38 Å². The van der Waals surface area contributed by atoms with Crippen molar-refractivity contribution in [1.29, 1.82) is 0 Å². The molecule has 0 aliphatic heterocycles. The number of thiazole rings is 1. The molecule has 0 aliphatic rings. The van der Waals surface area contributed by atoms with Crippen molar-refractivity contribution in [2.24, 2.45) is 0 Å². The molecule has 0 N–H and O–H groups in total. The van der Waals surface area contributed by atoms with Crippen molar-refractivity contribution in [3.63, 3.8) is 0 Å². The van der Waals surface area contributed by atoms with Gasteiger partial charge in [0, 0.05) is 17.5 Å². The van der Waals surface area contributed by atoms with Crippen LogP contribution in [0, 0.1) is 6.92 Å². The lowest BCUT2D eigenvalue weighted by Gasteiger charge is -2.18. The Morgan fingerprint density at radius 2 is 2.14 bits per heavy atom. The summed E-state index contributed by atoms with van der Waals surface area (Å²) in [4.78, 5) is 6.94. The van der Waals surface area contributed by atoms with Crippen LogP contribution >= 0.6 is 22.9 Å². The molecule has 0 fully saturated rings. The number of nitrogens with zero attached hydrogens (tertiary/aromatic N) is 2. The van der Waals surface area contributed by atoms with E-state index in [0.717, 1.165) is 23.8 Å². The van der Waals surface area contributed by atoms with E-state index >= 15 is 0 Å². The maximum atomic E-state index is 5.82. The Hall–Kier alpha value is -0.900. The average Bonchev–Trinajstić information content (AvgIpc) is 2.96. The molecule has 0 saturated heterocycles. The van der Waals surface area contributed by atoms with Gasteiger partial charge in [0.25, 0.3) is 0 Å². The zero-order valence-electron chi connectivity index (χ0n) is 13.0. The number of benzene rings is 1. The third-order valence-corrected chi connectivity index (χ3v) is 4.83. The van der Waals surface area contributed by atoms with Gasteiger partial charge in [-0.3, -0.25) is 0 Å². The number of hydrogen-bond donors (Lipinski definition) is 0. The molecule has 0 aliphatic carbocycles. The predicted molar refractivity (Wildman–Crippen MR) is 93.1 cm³/mol. The van der Waals surface area contributed by atoms with Crippen LogP contribution in [0.15, 0.2) is 23.6 Å². The number of hydrogen-bond acceptors (Lipinski definition) is 3. The van der Waals surface area contributed by atoms with Gasteiger partial charge in [-0.05, 0) is 44.1 Å². The van der Waals surface area contributed by atoms with Crippen molar-refractivity contribution in [3.8, 4) is 10.6 Å². The van der Waals surface area contributed by atoms with Gasteiger partial charge in [-0.2, -0.15) is 0 Å². The van der Waals surface area contributed by atoms with E-state index in [2.05, 4.69) is 49.0 Å². The van der Waals surface area contributed by atoms with E-state index in [1.54, 1.807) is 11.3 Å². The maximum Gasteiger partial charge on any atom is 0.123 e. The van der Waals surface area contributed by atoms with Gasteiger partial charge in [0.1, 0.15) is 5.01 Å². The highest BCUT2D eigenvalue weighted by Gasteiger charge is 2.08. The van der Waals surface area contributed by atoms with Crippen LogP contribution in [0.3, 0.4) is 0 Å². The van der Waals surface area contributed by atoms with Gasteiger partial charge < -0.3 is 4.90 Å². The largest absolute Gasteiger partial charge is 0.302 e. The van der Waals surface area contributed by atoms with Crippen LogP contribution in [0.25, 0.3) is 10.6 Å². The molecule has 0 spiro atoms. The van der Waals surface area contributed by atoms with Crippen LogP contribution in [-0.2, 0) is 12.4 Å². The van der Waals surface area contributed by atoms with Gasteiger partial charge in [-0.15, -0.1) is 22.9 Å². The highest BCUT2D eigenvalue weighted by Crippen LogP contribution is 2.26. The van der Waals surface area contributed by atoms with E-state index in [1.165, 1.54) is 29.5 Å². The van der Waals surface area contributed by atoms with E-state index in [4.69, 9.17) is 11.6 Å². The minimum Gasteiger partial charge on any atom is -0.302 e. The Kier molecular flexibility index (Phi) is 6.22. The molecule has 1 aromatic carbocycles. The minimum absolute atomic E-state index is 0.482. The van der Waals surface area contributed by atoms with E-state index < -0.39 is 0 Å². The van der Waals surface area contributed by atoms with Crippen LogP contribution in [0.2, 0.25) is 0 Å². The molecule has 0 amide bonds. The number of aryl methyl sites for hydroxylation is 1. The molecule has 0 saturated carbocycles. The molecule has 4 heteroatoms. The fourth-order valence-electron chi connectivity index (χ4n) is 2.31. The summed E-state index contributed by atoms with van der Waals surface area (Å²) in [5.74, 6) is 0.482. The Morgan fingerprint density at radius 3 is 2.76 bits per heavy atom. The molecule has 0 bridgehead atoms. The third-order valence-electron chi connectivity index (χ3n) is 3.61. The first-order valence-corrected chi connectivity index (χ1v) is 8.84. The molecule has 0 atom stereocenters. The normalized spacial score (nSPS) is 11.3. The first-order chi connectivity index (χ1) is 10.1. The number of alkyl halides is 1. The van der Waals surface area contributed by atoms with Crippen molar-refractivity contribution in [2.75, 3.05) is 13.6 Å². The average molecular weight is 323 g/mol. The van der Waals surface area contributed by atoms with Crippen molar-refractivity contribution in [3.05, 3.63) is 40.4 Å². The Labute approximate surface area is 136 Å². The topological polar surface area (TPSA) is 16.1 Å². The molecule has 1 heterocycles. The van der Waals surface area contributed by atoms with Crippen LogP contribution in [0.4, 0.5) is 0 Å². The molecule has 2 nitrogen and oxygen atoms in total. The summed E-state index contributed by atoms with van der Waals surface area (Å²) >= 11 is 7.48. The second kappa shape index (κ2) is 7.92. The zero-order valence-corrected chi connectivity index (χ0v) is 14.6. The van der Waals surface area contributed by atoms with Crippen LogP contribution in [0.1, 0.15) is 36.6 Å². The lowest BCUT2D eigenvalue weighted by molar-refractivity contribution is 0.320. The van der Waals surface area contributed by atoms with Crippen molar-refractivity contribution < 1.29 is 0 Å². The summed E-state index contributed by atoms with van der Waals surface area (Å²) < 4.78 is 0. The lowest BCUT2D eigenvalue weighted by atomic mass is 10.0. The standard InChI is InChI=1S/C17H23ClN2S/c1-4-5-8-20(3)11-15-7-6-14(9-13(15)2)17-19-16(10-18)12-21-17/h6-7,9,12H,4-5,8,10-11H2,1-3H3. The summed E-state index contributed by atoms with van der Waals surface area (Å²) in [6.07, 6.45) is 2.50. The van der Waals surface area contributed by atoms with Crippen LogP contribution in [0.5, 0.6) is 0 Å². The lowest BCUT2D eigenvalue weighted by Crippen LogP contribution is -2.19. The van der Waals surface area contributed by atoms with Gasteiger partial charge in [-0.1, -0.05) is 25.5 Å². The number of rotatable bonds is 7. The third kappa shape index (κ3) is 4.53. The minimum atomic E-state index is 0.482. The quantitative estimate of drug-likeness (QED) is 0.660. The second-order valence-corrected chi connectivity index (χ2v) is 6.64. The molecular weight excluding hydrogens is 300 g/mol. The smallest absolute Gasteiger partial charge is 0.123 e. The van der Waals surface area contributed by atoms with Crippen molar-refractivity contribution >= 4 is 22.9 Å². The molecule has 21 heavy (non-hydrogen) atoms. The molecule has 1 aromatic heterocycles. The molecular formula is C17H23ClN2S. The molecule has 0 radical (unpaired) electrons. The first kappa shape index (κ1) is 16.5. The summed E-state index contributed by atoms with van der Waals surface area (Å²) in [7, 11) is 2.19. The fourth-order valence-corrected chi connectivity index (χ4v) is 3.35. The number of unbranched alkanes of at least 4 members (excludes halogenated alkanes) is 1. The zero-order chi connectivity index (χ0) is 15.2. The van der Waals surface area contributed by atoms with E-state index in [-0.39, 0.29) is 0 Å². The monoisotopic (exact) mass is 322 g/mol. The van der Waals surface area contributed by atoms with E-state index in [9.17, 15) is 0 Å². The van der Waals surface area contributed by atoms with Crippen molar-refractivity contribution in [2.45, 2.75) is 39.1 Å². The Morgan fingerprint density at radius 1 is 1.33 bits per heavy atom. The second-order valence-electron chi connectivity index (χ2n) is 5.51. The molecule has 114 valence electrons. The summed E-state index contributed by atoms with van der Waals surface area (Å²) in [6.45, 7) is 6.58. The maximum absolute atomic E-state index is 5.82. The van der Waals surface area contributed by atoms with Gasteiger partial charge in [-0.25, -0.2) is 4.98 Å². The van der Waals surface area contributed by atoms with Gasteiger partial charge >= 0.3 is 0 Å². The SMILES string of the molecule is CCCCN(C)Cc1ccc(-c2nc(CCl)cs2)cc1C. The predicted octanol–water partition coefficient (Wildman–Crippen LogP) is 5.09. The summed E-state index contributed by atoms with van der Waals surface area (Å²) in [5, 5.41) is 3.09. The van der Waals surface area contributed by atoms with Crippen LogP contribution < -0.4 is 0 Å². The summed E-state index contributed by atoms with van der Waals surface area (Å²) in [5.41, 5.74) is 4.87. The first-order valence-electron chi connectivity index (χ1n) is 7.42. The highest BCUT2D eigenvalue weighted by atomic mass is 35.5. The molecule has 2 aromatic rings. The molecule has 2 rings (SSSR count). The van der Waals surface area contributed by atoms with Gasteiger partial charge in [0.05, 0.1) is 11.6 Å².